The van der Waals surface area contributed by atoms with Crippen molar-refractivity contribution >= 4 is 0 Å². The van der Waals surface area contributed by atoms with Crippen LogP contribution < -0.4 is 11.1 Å². The maximum atomic E-state index is 5.42. The first-order valence-electron chi connectivity index (χ1n) is 5.25. The van der Waals surface area contributed by atoms with Gasteiger partial charge >= 0.3 is 0 Å². The van der Waals surface area contributed by atoms with Crippen molar-refractivity contribution in [3.8, 4) is 0 Å². The molecular formula is C10H22N2O. The van der Waals surface area contributed by atoms with E-state index < -0.39 is 0 Å². The third-order valence-corrected chi connectivity index (χ3v) is 2.81. The molecule has 0 radical (unpaired) electrons. The van der Waals surface area contributed by atoms with Gasteiger partial charge in [-0.05, 0) is 37.8 Å². The quantitative estimate of drug-likeness (QED) is 0.623. The van der Waals surface area contributed by atoms with Gasteiger partial charge in [0.15, 0.2) is 0 Å². The van der Waals surface area contributed by atoms with Crippen LogP contribution in [0.5, 0.6) is 0 Å². The standard InChI is InChI=1S/C10H22N2O/c1-10(3-7-13-8-4-10)9-12-6-2-5-11/h12H,2-9,11H2,1H3. The van der Waals surface area contributed by atoms with Crippen molar-refractivity contribution in [3.05, 3.63) is 0 Å². The Balaban J connectivity index is 2.10. The summed E-state index contributed by atoms with van der Waals surface area (Å²) in [5.74, 6) is 0. The van der Waals surface area contributed by atoms with E-state index in [1.54, 1.807) is 0 Å². The molecule has 0 aromatic heterocycles. The van der Waals surface area contributed by atoms with Crippen molar-refractivity contribution in [2.24, 2.45) is 11.1 Å². The molecule has 0 unspecified atom stereocenters. The monoisotopic (exact) mass is 186 g/mol. The molecule has 1 rings (SSSR count). The summed E-state index contributed by atoms with van der Waals surface area (Å²) >= 11 is 0. The van der Waals surface area contributed by atoms with Crippen LogP contribution in [-0.4, -0.2) is 32.8 Å². The summed E-state index contributed by atoms with van der Waals surface area (Å²) in [6, 6.07) is 0. The van der Waals surface area contributed by atoms with E-state index in [9.17, 15) is 0 Å². The Morgan fingerprint density at radius 3 is 2.69 bits per heavy atom. The highest BCUT2D eigenvalue weighted by molar-refractivity contribution is 4.79. The molecule has 0 aliphatic carbocycles. The number of nitrogens with one attached hydrogen (secondary N) is 1. The zero-order valence-corrected chi connectivity index (χ0v) is 8.64. The molecule has 1 saturated heterocycles. The van der Waals surface area contributed by atoms with E-state index in [0.717, 1.165) is 39.3 Å². The Morgan fingerprint density at radius 1 is 1.38 bits per heavy atom. The van der Waals surface area contributed by atoms with Gasteiger partial charge in [0.25, 0.3) is 0 Å². The predicted molar refractivity (Wildman–Crippen MR) is 54.7 cm³/mol. The summed E-state index contributed by atoms with van der Waals surface area (Å²) in [5.41, 5.74) is 5.87. The van der Waals surface area contributed by atoms with Gasteiger partial charge in [-0.2, -0.15) is 0 Å². The summed E-state index contributed by atoms with van der Waals surface area (Å²) < 4.78 is 5.34. The molecule has 13 heavy (non-hydrogen) atoms. The molecule has 1 aliphatic rings. The van der Waals surface area contributed by atoms with Crippen LogP contribution in [0.25, 0.3) is 0 Å². The van der Waals surface area contributed by atoms with E-state index in [0.29, 0.717) is 5.41 Å². The zero-order chi connectivity index (χ0) is 9.57. The Labute approximate surface area is 81.0 Å². The van der Waals surface area contributed by atoms with Crippen LogP contribution in [0, 0.1) is 5.41 Å². The van der Waals surface area contributed by atoms with Gasteiger partial charge in [-0.1, -0.05) is 6.92 Å². The normalized spacial score (nSPS) is 21.7. The number of nitrogens with two attached hydrogens (primary N) is 1. The highest BCUT2D eigenvalue weighted by Gasteiger charge is 2.26. The molecule has 0 atom stereocenters. The lowest BCUT2D eigenvalue weighted by Gasteiger charge is -2.33. The van der Waals surface area contributed by atoms with Gasteiger partial charge in [0.2, 0.25) is 0 Å². The van der Waals surface area contributed by atoms with E-state index in [4.69, 9.17) is 10.5 Å². The Bertz CT molecular complexity index is 133. The maximum absolute atomic E-state index is 5.42. The average molecular weight is 186 g/mol. The summed E-state index contributed by atoms with van der Waals surface area (Å²) in [6.45, 7) is 7.13. The highest BCUT2D eigenvalue weighted by atomic mass is 16.5. The van der Waals surface area contributed by atoms with Crippen LogP contribution in [0.1, 0.15) is 26.2 Å². The van der Waals surface area contributed by atoms with Crippen LogP contribution in [0.3, 0.4) is 0 Å². The maximum Gasteiger partial charge on any atom is 0.0471 e. The molecule has 78 valence electrons. The van der Waals surface area contributed by atoms with Gasteiger partial charge in [0.1, 0.15) is 0 Å². The van der Waals surface area contributed by atoms with E-state index in [-0.39, 0.29) is 0 Å². The van der Waals surface area contributed by atoms with Crippen molar-refractivity contribution in [1.29, 1.82) is 0 Å². The van der Waals surface area contributed by atoms with Gasteiger partial charge in [0, 0.05) is 19.8 Å². The molecule has 1 aliphatic heterocycles. The van der Waals surface area contributed by atoms with E-state index in [2.05, 4.69) is 12.2 Å². The molecule has 0 bridgehead atoms. The second-order valence-electron chi connectivity index (χ2n) is 4.24. The molecule has 0 saturated carbocycles. The lowest BCUT2D eigenvalue weighted by atomic mass is 9.82. The molecule has 3 nitrogen and oxygen atoms in total. The predicted octanol–water partition coefficient (Wildman–Crippen LogP) is 0.741. The number of ether oxygens (including phenoxy) is 1. The van der Waals surface area contributed by atoms with Crippen LogP contribution in [-0.2, 0) is 4.74 Å². The first kappa shape index (κ1) is 11.0. The third kappa shape index (κ3) is 4.07. The van der Waals surface area contributed by atoms with Crippen molar-refractivity contribution < 1.29 is 4.74 Å². The lowest BCUT2D eigenvalue weighted by molar-refractivity contribution is 0.0242. The van der Waals surface area contributed by atoms with Crippen LogP contribution in [0.15, 0.2) is 0 Å². The molecule has 1 fully saturated rings. The summed E-state index contributed by atoms with van der Waals surface area (Å²) in [7, 11) is 0. The molecule has 0 aromatic rings. The van der Waals surface area contributed by atoms with Gasteiger partial charge < -0.3 is 15.8 Å². The van der Waals surface area contributed by atoms with Crippen LogP contribution in [0.4, 0.5) is 0 Å². The topological polar surface area (TPSA) is 47.3 Å². The Morgan fingerprint density at radius 2 is 2.08 bits per heavy atom. The molecule has 1 heterocycles. The molecule has 0 aromatic carbocycles. The van der Waals surface area contributed by atoms with Crippen molar-refractivity contribution in [1.82, 2.24) is 5.32 Å². The second kappa shape index (κ2) is 5.58. The molecular weight excluding hydrogens is 164 g/mol. The average Bonchev–Trinajstić information content (AvgIpc) is 2.14. The summed E-state index contributed by atoms with van der Waals surface area (Å²) in [5, 5.41) is 3.46. The van der Waals surface area contributed by atoms with Crippen molar-refractivity contribution in [2.75, 3.05) is 32.8 Å². The SMILES string of the molecule is CC1(CNCCCN)CCOCC1. The molecule has 3 N–H and O–H groups in total. The smallest absolute Gasteiger partial charge is 0.0471 e. The molecule has 3 heteroatoms. The van der Waals surface area contributed by atoms with Crippen molar-refractivity contribution in [2.45, 2.75) is 26.2 Å². The van der Waals surface area contributed by atoms with Gasteiger partial charge in [-0.15, -0.1) is 0 Å². The van der Waals surface area contributed by atoms with Gasteiger partial charge in [-0.25, -0.2) is 0 Å². The highest BCUT2D eigenvalue weighted by Crippen LogP contribution is 2.28. The van der Waals surface area contributed by atoms with Gasteiger partial charge in [0.05, 0.1) is 0 Å². The fraction of sp³-hybridized carbons (Fsp3) is 1.00. The minimum atomic E-state index is 0.451. The molecule has 0 amide bonds. The van der Waals surface area contributed by atoms with E-state index >= 15 is 0 Å². The van der Waals surface area contributed by atoms with Gasteiger partial charge in [-0.3, -0.25) is 0 Å². The first-order chi connectivity index (χ1) is 6.27. The number of rotatable bonds is 5. The lowest BCUT2D eigenvalue weighted by Crippen LogP contribution is -2.37. The first-order valence-corrected chi connectivity index (χ1v) is 5.25. The summed E-state index contributed by atoms with van der Waals surface area (Å²) in [6.07, 6.45) is 3.44. The number of hydrogen-bond donors (Lipinski definition) is 2. The van der Waals surface area contributed by atoms with Crippen LogP contribution >= 0.6 is 0 Å². The minimum absolute atomic E-state index is 0.451. The van der Waals surface area contributed by atoms with Crippen molar-refractivity contribution in [3.63, 3.8) is 0 Å². The fourth-order valence-electron chi connectivity index (χ4n) is 1.66. The van der Waals surface area contributed by atoms with E-state index in [1.165, 1.54) is 12.8 Å². The second-order valence-corrected chi connectivity index (χ2v) is 4.24. The third-order valence-electron chi connectivity index (χ3n) is 2.81. The largest absolute Gasteiger partial charge is 0.381 e. The summed E-state index contributed by atoms with van der Waals surface area (Å²) in [4.78, 5) is 0. The minimum Gasteiger partial charge on any atom is -0.381 e. The molecule has 0 spiro atoms. The fourth-order valence-corrected chi connectivity index (χ4v) is 1.66. The number of hydrogen-bond acceptors (Lipinski definition) is 3. The van der Waals surface area contributed by atoms with E-state index in [1.807, 2.05) is 0 Å². The zero-order valence-electron chi connectivity index (χ0n) is 8.64. The Kier molecular flexibility index (Phi) is 4.70. The van der Waals surface area contributed by atoms with Crippen LogP contribution in [0.2, 0.25) is 0 Å². The Hall–Kier alpha value is -0.120.